The lowest BCUT2D eigenvalue weighted by molar-refractivity contribution is 0.195. The molecule has 3 rings (SSSR count). The van der Waals surface area contributed by atoms with E-state index in [1.807, 2.05) is 0 Å². The summed E-state index contributed by atoms with van der Waals surface area (Å²) in [5.74, 6) is 0.619. The second kappa shape index (κ2) is 4.91. The Morgan fingerprint density at radius 2 is 2.44 bits per heavy atom. The van der Waals surface area contributed by atoms with Crippen molar-refractivity contribution in [1.29, 1.82) is 0 Å². The maximum atomic E-state index is 12.7. The number of nitrogens with zero attached hydrogens (tertiary/aromatic N) is 3. The zero-order chi connectivity index (χ0) is 12.5. The summed E-state index contributed by atoms with van der Waals surface area (Å²) in [6.07, 6.45) is 2.51. The highest BCUT2D eigenvalue weighted by molar-refractivity contribution is 7.92. The van der Waals surface area contributed by atoms with Crippen LogP contribution >= 0.6 is 23.9 Å². The van der Waals surface area contributed by atoms with Crippen molar-refractivity contribution in [1.82, 2.24) is 13.9 Å². The van der Waals surface area contributed by atoms with Gasteiger partial charge in [-0.2, -0.15) is 4.98 Å². The molecule has 0 spiro atoms. The summed E-state index contributed by atoms with van der Waals surface area (Å²) in [7, 11) is 0. The number of rotatable bonds is 3. The van der Waals surface area contributed by atoms with Crippen LogP contribution in [0, 0.1) is 0 Å². The van der Waals surface area contributed by atoms with E-state index in [0.29, 0.717) is 18.1 Å². The third kappa shape index (κ3) is 2.13. The molecule has 0 saturated carbocycles. The SMILES string of the molecule is FSn1ccc2c(NC3CCOC3)nc(Cl)nc21. The molecule has 0 amide bonds. The van der Waals surface area contributed by atoms with Gasteiger partial charge in [0, 0.05) is 12.8 Å². The minimum absolute atomic E-state index is 0.0804. The standard InChI is InChI=1S/C10H10ClFN4OS/c11-10-14-8(13-6-2-4-17-5-6)7-1-3-16(18-12)9(7)15-10/h1,3,6H,2,4-5H2,(H,13,14,15). The summed E-state index contributed by atoms with van der Waals surface area (Å²) in [6.45, 7) is 1.38. The summed E-state index contributed by atoms with van der Waals surface area (Å²) < 4.78 is 19.3. The smallest absolute Gasteiger partial charge is 0.226 e. The molecule has 96 valence electrons. The van der Waals surface area contributed by atoms with Gasteiger partial charge in [0.1, 0.15) is 5.82 Å². The second-order valence-electron chi connectivity index (χ2n) is 3.99. The van der Waals surface area contributed by atoms with Crippen LogP contribution in [-0.4, -0.2) is 33.2 Å². The van der Waals surface area contributed by atoms with Crippen LogP contribution in [0.25, 0.3) is 11.0 Å². The molecule has 1 fully saturated rings. The Labute approximate surface area is 112 Å². The van der Waals surface area contributed by atoms with Gasteiger partial charge in [-0.1, -0.05) is 0 Å². The fourth-order valence-electron chi connectivity index (χ4n) is 1.97. The molecule has 0 radical (unpaired) electrons. The molecule has 3 heterocycles. The lowest BCUT2D eigenvalue weighted by Crippen LogP contribution is -2.20. The molecule has 1 aliphatic heterocycles. The first-order chi connectivity index (χ1) is 8.78. The number of hydrogen-bond acceptors (Lipinski definition) is 5. The molecule has 8 heteroatoms. The third-order valence-electron chi connectivity index (χ3n) is 2.83. The van der Waals surface area contributed by atoms with Crippen LogP contribution in [0.2, 0.25) is 5.28 Å². The molecule has 18 heavy (non-hydrogen) atoms. The molecule has 1 aliphatic rings. The molecular weight excluding hydrogens is 279 g/mol. The highest BCUT2D eigenvalue weighted by Gasteiger charge is 2.18. The Morgan fingerprint density at radius 1 is 1.56 bits per heavy atom. The van der Waals surface area contributed by atoms with Gasteiger partial charge in [0.15, 0.2) is 18.0 Å². The van der Waals surface area contributed by atoms with Crippen molar-refractivity contribution in [3.05, 3.63) is 17.5 Å². The van der Waals surface area contributed by atoms with Crippen molar-refractivity contribution in [2.24, 2.45) is 0 Å². The predicted octanol–water partition coefficient (Wildman–Crippen LogP) is 2.67. The number of fused-ring (bicyclic) bond motifs is 1. The van der Waals surface area contributed by atoms with Gasteiger partial charge < -0.3 is 10.1 Å². The first kappa shape index (κ1) is 12.0. The Balaban J connectivity index is 2.01. The van der Waals surface area contributed by atoms with E-state index in [-0.39, 0.29) is 23.7 Å². The maximum absolute atomic E-state index is 12.7. The third-order valence-corrected chi connectivity index (χ3v) is 3.44. The average molecular weight is 289 g/mol. The number of hydrogen-bond donors (Lipinski definition) is 1. The summed E-state index contributed by atoms with van der Waals surface area (Å²) in [4.78, 5) is 8.18. The van der Waals surface area contributed by atoms with Crippen molar-refractivity contribution in [3.8, 4) is 0 Å². The number of nitrogens with one attached hydrogen (secondary N) is 1. The maximum Gasteiger partial charge on any atom is 0.226 e. The van der Waals surface area contributed by atoms with Gasteiger partial charge in [0.25, 0.3) is 0 Å². The summed E-state index contributed by atoms with van der Waals surface area (Å²) in [5.41, 5.74) is 0.462. The summed E-state index contributed by atoms with van der Waals surface area (Å²) >= 11 is 5.94. The Kier molecular flexibility index (Phi) is 3.27. The fraction of sp³-hybridized carbons (Fsp3) is 0.400. The second-order valence-corrected chi connectivity index (χ2v) is 4.86. The van der Waals surface area contributed by atoms with Crippen LogP contribution in [0.1, 0.15) is 6.42 Å². The molecule has 1 unspecified atom stereocenters. The van der Waals surface area contributed by atoms with Crippen LogP contribution in [0.5, 0.6) is 0 Å². The largest absolute Gasteiger partial charge is 0.379 e. The van der Waals surface area contributed by atoms with Crippen LogP contribution in [0.15, 0.2) is 12.3 Å². The highest BCUT2D eigenvalue weighted by atomic mass is 35.5. The van der Waals surface area contributed by atoms with E-state index < -0.39 is 0 Å². The van der Waals surface area contributed by atoms with E-state index in [4.69, 9.17) is 16.3 Å². The molecule has 1 atom stereocenters. The number of anilines is 1. The lowest BCUT2D eigenvalue weighted by atomic mass is 10.2. The molecule has 0 aromatic carbocycles. The molecule has 0 bridgehead atoms. The van der Waals surface area contributed by atoms with E-state index in [1.54, 1.807) is 12.3 Å². The lowest BCUT2D eigenvalue weighted by Gasteiger charge is -2.12. The number of halogens is 2. The minimum Gasteiger partial charge on any atom is -0.379 e. The Bertz CT molecular complexity index is 572. The zero-order valence-electron chi connectivity index (χ0n) is 9.27. The Morgan fingerprint density at radius 3 is 3.17 bits per heavy atom. The quantitative estimate of drug-likeness (QED) is 0.880. The number of aromatic nitrogens is 3. The van der Waals surface area contributed by atoms with Gasteiger partial charge in [0.05, 0.1) is 18.0 Å². The molecule has 1 N–H and O–H groups in total. The normalized spacial score (nSPS) is 19.6. The van der Waals surface area contributed by atoms with E-state index >= 15 is 0 Å². The molecular formula is C10H10ClFN4OS. The first-order valence-electron chi connectivity index (χ1n) is 5.46. The van der Waals surface area contributed by atoms with Crippen molar-refractivity contribution in [2.45, 2.75) is 12.5 Å². The molecule has 5 nitrogen and oxygen atoms in total. The zero-order valence-corrected chi connectivity index (χ0v) is 10.8. The van der Waals surface area contributed by atoms with Crippen LogP contribution < -0.4 is 5.32 Å². The summed E-state index contributed by atoms with van der Waals surface area (Å²) in [5, 5.41) is 4.10. The van der Waals surface area contributed by atoms with Crippen LogP contribution in [-0.2, 0) is 4.74 Å². The minimum atomic E-state index is 0.0804. The van der Waals surface area contributed by atoms with Gasteiger partial charge in [-0.15, -0.1) is 3.89 Å². The van der Waals surface area contributed by atoms with E-state index in [1.165, 1.54) is 3.97 Å². The monoisotopic (exact) mass is 288 g/mol. The van der Waals surface area contributed by atoms with Crippen molar-refractivity contribution in [3.63, 3.8) is 0 Å². The molecule has 1 saturated heterocycles. The van der Waals surface area contributed by atoms with Gasteiger partial charge in [-0.25, -0.2) is 8.96 Å². The fourth-order valence-corrected chi connectivity index (χ4v) is 2.45. The van der Waals surface area contributed by atoms with Gasteiger partial charge in [0.2, 0.25) is 5.28 Å². The van der Waals surface area contributed by atoms with Crippen molar-refractivity contribution in [2.75, 3.05) is 18.5 Å². The van der Waals surface area contributed by atoms with Crippen LogP contribution in [0.3, 0.4) is 0 Å². The van der Waals surface area contributed by atoms with Crippen molar-refractivity contribution >= 4 is 40.8 Å². The predicted molar refractivity (Wildman–Crippen MR) is 69.5 cm³/mol. The van der Waals surface area contributed by atoms with Gasteiger partial charge >= 0.3 is 0 Å². The summed E-state index contributed by atoms with van der Waals surface area (Å²) in [6, 6.07) is 1.97. The van der Waals surface area contributed by atoms with E-state index in [2.05, 4.69) is 15.3 Å². The van der Waals surface area contributed by atoms with E-state index in [9.17, 15) is 3.89 Å². The molecule has 2 aromatic rings. The molecule has 2 aromatic heterocycles. The van der Waals surface area contributed by atoms with E-state index in [0.717, 1.165) is 18.4 Å². The number of ether oxygens (including phenoxy) is 1. The molecule has 0 aliphatic carbocycles. The highest BCUT2D eigenvalue weighted by Crippen LogP contribution is 2.27. The average Bonchev–Trinajstić information content (AvgIpc) is 2.97. The van der Waals surface area contributed by atoms with Gasteiger partial charge in [-0.05, 0) is 24.1 Å². The topological polar surface area (TPSA) is 52.0 Å². The van der Waals surface area contributed by atoms with Crippen molar-refractivity contribution < 1.29 is 8.62 Å². The Hall–Kier alpha value is -1.05. The van der Waals surface area contributed by atoms with Crippen LogP contribution in [0.4, 0.5) is 9.70 Å². The van der Waals surface area contributed by atoms with Gasteiger partial charge in [-0.3, -0.25) is 0 Å². The first-order valence-corrected chi connectivity index (χ1v) is 6.51.